The molecule has 1 amide bonds. The van der Waals surface area contributed by atoms with Gasteiger partial charge < -0.3 is 19.7 Å². The van der Waals surface area contributed by atoms with Crippen molar-refractivity contribution in [3.63, 3.8) is 0 Å². The van der Waals surface area contributed by atoms with Crippen molar-refractivity contribution in [1.82, 2.24) is 9.78 Å². The van der Waals surface area contributed by atoms with Gasteiger partial charge >= 0.3 is 5.97 Å². The molecule has 1 aromatic heterocycles. The summed E-state index contributed by atoms with van der Waals surface area (Å²) in [5.41, 5.74) is 2.72. The minimum atomic E-state index is -0.580. The normalized spacial score (nSPS) is 13.1. The summed E-state index contributed by atoms with van der Waals surface area (Å²) >= 11 is 0. The lowest BCUT2D eigenvalue weighted by molar-refractivity contribution is 0.0519. The van der Waals surface area contributed by atoms with Crippen LogP contribution in [0.5, 0.6) is 5.75 Å². The highest BCUT2D eigenvalue weighted by atomic mass is 16.5. The summed E-state index contributed by atoms with van der Waals surface area (Å²) in [5, 5.41) is 7.22. The van der Waals surface area contributed by atoms with Gasteiger partial charge in [-0.2, -0.15) is 5.10 Å². The molecule has 0 bridgehead atoms. The van der Waals surface area contributed by atoms with E-state index in [2.05, 4.69) is 15.3 Å². The van der Waals surface area contributed by atoms with Crippen LogP contribution in [0.1, 0.15) is 40.7 Å². The molecule has 1 aliphatic heterocycles. The van der Waals surface area contributed by atoms with Crippen molar-refractivity contribution in [3.05, 3.63) is 66.0 Å². The summed E-state index contributed by atoms with van der Waals surface area (Å²) in [6, 6.07) is 16.3. The lowest BCUT2D eigenvalue weighted by Crippen LogP contribution is -2.18. The number of rotatable bonds is 7. The Morgan fingerprint density at radius 1 is 1.00 bits per heavy atom. The maximum Gasteiger partial charge on any atom is 0.358 e. The van der Waals surface area contributed by atoms with E-state index in [1.165, 1.54) is 23.6 Å². The molecule has 0 aliphatic carbocycles. The van der Waals surface area contributed by atoms with E-state index in [1.54, 1.807) is 38.3 Å². The number of carbonyl (C=O) groups excluding carboxylic acids is 2. The van der Waals surface area contributed by atoms with Gasteiger partial charge in [0.2, 0.25) is 0 Å². The molecule has 0 spiro atoms. The predicted molar refractivity (Wildman–Crippen MR) is 122 cm³/mol. The molecule has 3 aromatic rings. The van der Waals surface area contributed by atoms with Gasteiger partial charge in [0.1, 0.15) is 11.4 Å². The maximum absolute atomic E-state index is 13.1. The van der Waals surface area contributed by atoms with Crippen LogP contribution in [0.4, 0.5) is 11.4 Å². The number of hydrogen-bond acceptors (Lipinski definition) is 6. The van der Waals surface area contributed by atoms with Crippen molar-refractivity contribution in [2.24, 2.45) is 0 Å². The summed E-state index contributed by atoms with van der Waals surface area (Å²) < 4.78 is 11.7. The van der Waals surface area contributed by atoms with Crippen LogP contribution in [0, 0.1) is 0 Å². The van der Waals surface area contributed by atoms with Crippen molar-refractivity contribution in [1.29, 1.82) is 0 Å². The summed E-state index contributed by atoms with van der Waals surface area (Å²) in [6.45, 7) is 4.06. The number of methoxy groups -OCH3 is 1. The average Bonchev–Trinajstić information content (AvgIpc) is 3.50. The molecule has 1 aliphatic rings. The van der Waals surface area contributed by atoms with Crippen molar-refractivity contribution in [2.45, 2.75) is 19.8 Å². The van der Waals surface area contributed by atoms with Crippen LogP contribution in [0.2, 0.25) is 0 Å². The van der Waals surface area contributed by atoms with E-state index >= 15 is 0 Å². The molecule has 1 N–H and O–H groups in total. The fourth-order valence-electron chi connectivity index (χ4n) is 3.69. The predicted octanol–water partition coefficient (Wildman–Crippen LogP) is 3.91. The van der Waals surface area contributed by atoms with Gasteiger partial charge in [-0.25, -0.2) is 9.48 Å². The molecular weight excluding hydrogens is 408 g/mol. The lowest BCUT2D eigenvalue weighted by atomic mass is 10.2. The van der Waals surface area contributed by atoms with Crippen molar-refractivity contribution in [2.75, 3.05) is 37.0 Å². The van der Waals surface area contributed by atoms with Gasteiger partial charge in [-0.15, -0.1) is 0 Å². The summed E-state index contributed by atoms with van der Waals surface area (Å²) in [7, 11) is 1.58. The number of benzene rings is 2. The highest BCUT2D eigenvalue weighted by molar-refractivity contribution is 6.04. The van der Waals surface area contributed by atoms with Gasteiger partial charge in [0.05, 0.1) is 19.4 Å². The third-order valence-corrected chi connectivity index (χ3v) is 5.34. The second kappa shape index (κ2) is 9.55. The molecule has 1 saturated heterocycles. The van der Waals surface area contributed by atoms with E-state index in [0.717, 1.165) is 18.8 Å². The van der Waals surface area contributed by atoms with E-state index in [9.17, 15) is 9.59 Å². The number of nitrogens with one attached hydrogen (secondary N) is 1. The third-order valence-electron chi connectivity index (χ3n) is 5.34. The van der Waals surface area contributed by atoms with E-state index in [1.807, 2.05) is 24.3 Å². The van der Waals surface area contributed by atoms with Crippen LogP contribution in [0.3, 0.4) is 0 Å². The number of esters is 1. The zero-order valence-corrected chi connectivity index (χ0v) is 18.2. The van der Waals surface area contributed by atoms with Crippen LogP contribution in [0.15, 0.2) is 54.6 Å². The maximum atomic E-state index is 13.1. The highest BCUT2D eigenvalue weighted by Gasteiger charge is 2.21. The van der Waals surface area contributed by atoms with E-state index in [4.69, 9.17) is 9.47 Å². The molecule has 2 aromatic carbocycles. The topological polar surface area (TPSA) is 85.7 Å². The first-order valence-electron chi connectivity index (χ1n) is 10.7. The zero-order chi connectivity index (χ0) is 22.5. The first-order valence-corrected chi connectivity index (χ1v) is 10.7. The van der Waals surface area contributed by atoms with Gasteiger partial charge in [0.25, 0.3) is 5.91 Å². The number of nitrogens with zero attached hydrogens (tertiary/aromatic N) is 3. The van der Waals surface area contributed by atoms with Gasteiger partial charge in [0, 0.05) is 30.5 Å². The minimum absolute atomic E-state index is 0.0669. The number of anilines is 2. The molecule has 0 atom stereocenters. The van der Waals surface area contributed by atoms with Crippen LogP contribution < -0.4 is 15.0 Å². The molecular formula is C24H26N4O4. The summed E-state index contributed by atoms with van der Waals surface area (Å²) in [4.78, 5) is 27.7. The van der Waals surface area contributed by atoms with Gasteiger partial charge in [-0.1, -0.05) is 0 Å². The first-order chi connectivity index (χ1) is 15.6. The van der Waals surface area contributed by atoms with Crippen molar-refractivity contribution in [3.8, 4) is 11.4 Å². The van der Waals surface area contributed by atoms with Gasteiger partial charge in [-0.05, 0) is 68.3 Å². The Hall–Kier alpha value is -3.81. The number of amides is 1. The van der Waals surface area contributed by atoms with Gasteiger partial charge in [-0.3, -0.25) is 4.79 Å². The monoisotopic (exact) mass is 434 g/mol. The van der Waals surface area contributed by atoms with E-state index in [-0.39, 0.29) is 23.9 Å². The average molecular weight is 434 g/mol. The molecule has 8 heteroatoms. The molecule has 8 nitrogen and oxygen atoms in total. The number of carbonyl (C=O) groups is 2. The van der Waals surface area contributed by atoms with Crippen LogP contribution in [-0.4, -0.2) is 48.5 Å². The fraction of sp³-hybridized carbons (Fsp3) is 0.292. The Morgan fingerprint density at radius 3 is 2.28 bits per heavy atom. The van der Waals surface area contributed by atoms with Crippen LogP contribution >= 0.6 is 0 Å². The van der Waals surface area contributed by atoms with Crippen molar-refractivity contribution < 1.29 is 19.1 Å². The number of aromatic nitrogens is 2. The SMILES string of the molecule is CCOC(=O)c1cc(C(=O)Nc2ccc(N3CCCC3)cc2)n(-c2ccc(OC)cc2)n1. The molecule has 2 heterocycles. The quantitative estimate of drug-likeness (QED) is 0.568. The molecule has 0 radical (unpaired) electrons. The molecule has 166 valence electrons. The Morgan fingerprint density at radius 2 is 1.66 bits per heavy atom. The summed E-state index contributed by atoms with van der Waals surface area (Å²) in [5.74, 6) is -0.280. The molecule has 0 unspecified atom stereocenters. The minimum Gasteiger partial charge on any atom is -0.497 e. The second-order valence-electron chi connectivity index (χ2n) is 7.44. The lowest BCUT2D eigenvalue weighted by Gasteiger charge is -2.17. The molecule has 4 rings (SSSR count). The number of ether oxygens (including phenoxy) is 2. The Labute approximate surface area is 186 Å². The molecule has 1 fully saturated rings. The van der Waals surface area contributed by atoms with Gasteiger partial charge in [0.15, 0.2) is 5.69 Å². The highest BCUT2D eigenvalue weighted by Crippen LogP contribution is 2.23. The Balaban J connectivity index is 1.59. The Bertz CT molecular complexity index is 1080. The van der Waals surface area contributed by atoms with E-state index < -0.39 is 5.97 Å². The number of hydrogen-bond donors (Lipinski definition) is 1. The standard InChI is InChI=1S/C24H26N4O4/c1-3-32-24(30)21-16-22(28(26-21)19-10-12-20(31-2)13-11-19)23(29)25-17-6-8-18(9-7-17)27-14-4-5-15-27/h6-13,16H,3-5,14-15H2,1-2H3,(H,25,29). The molecule has 32 heavy (non-hydrogen) atoms. The summed E-state index contributed by atoms with van der Waals surface area (Å²) in [6.07, 6.45) is 2.41. The third kappa shape index (κ3) is 4.59. The van der Waals surface area contributed by atoms with Crippen LogP contribution in [0.25, 0.3) is 5.69 Å². The van der Waals surface area contributed by atoms with Crippen LogP contribution in [-0.2, 0) is 4.74 Å². The fourth-order valence-corrected chi connectivity index (χ4v) is 3.69. The first kappa shape index (κ1) is 21.4. The second-order valence-corrected chi connectivity index (χ2v) is 7.44. The zero-order valence-electron chi connectivity index (χ0n) is 18.2. The Kier molecular flexibility index (Phi) is 6.39. The largest absolute Gasteiger partial charge is 0.497 e. The van der Waals surface area contributed by atoms with E-state index in [0.29, 0.717) is 17.1 Å². The van der Waals surface area contributed by atoms with Crippen molar-refractivity contribution >= 4 is 23.3 Å². The smallest absolute Gasteiger partial charge is 0.358 e. The molecule has 0 saturated carbocycles.